The second-order valence-corrected chi connectivity index (χ2v) is 6.15. The van der Waals surface area contributed by atoms with Crippen molar-refractivity contribution in [2.24, 2.45) is 0 Å². The summed E-state index contributed by atoms with van der Waals surface area (Å²) < 4.78 is 5.40. The topological polar surface area (TPSA) is 84.0 Å². The third-order valence-corrected chi connectivity index (χ3v) is 4.51. The summed E-state index contributed by atoms with van der Waals surface area (Å²) in [5.74, 6) is 0.0611. The SMILES string of the molecule is CCC(=O)c1ccc2c(c1)N(CC(=O)N1CCC(=O)CC1)C(=O)CO2. The van der Waals surface area contributed by atoms with E-state index in [9.17, 15) is 19.2 Å². The molecule has 0 bridgehead atoms. The van der Waals surface area contributed by atoms with Crippen LogP contribution in [0.4, 0.5) is 5.69 Å². The van der Waals surface area contributed by atoms with E-state index in [1.54, 1.807) is 30.0 Å². The highest BCUT2D eigenvalue weighted by Crippen LogP contribution is 2.33. The summed E-state index contributed by atoms with van der Waals surface area (Å²) in [5.41, 5.74) is 0.928. The molecule has 25 heavy (non-hydrogen) atoms. The second-order valence-electron chi connectivity index (χ2n) is 6.15. The van der Waals surface area contributed by atoms with Crippen LogP contribution < -0.4 is 9.64 Å². The van der Waals surface area contributed by atoms with E-state index in [4.69, 9.17) is 4.74 Å². The number of ketones is 2. The third-order valence-electron chi connectivity index (χ3n) is 4.51. The van der Waals surface area contributed by atoms with Crippen molar-refractivity contribution in [2.45, 2.75) is 26.2 Å². The molecule has 3 rings (SSSR count). The number of nitrogens with zero attached hydrogens (tertiary/aromatic N) is 2. The molecule has 7 heteroatoms. The van der Waals surface area contributed by atoms with E-state index in [0.717, 1.165) is 0 Å². The van der Waals surface area contributed by atoms with Crippen LogP contribution in [0.15, 0.2) is 18.2 Å². The van der Waals surface area contributed by atoms with Gasteiger partial charge in [0.15, 0.2) is 12.4 Å². The number of ether oxygens (including phenoxy) is 1. The fourth-order valence-electron chi connectivity index (χ4n) is 2.99. The minimum Gasteiger partial charge on any atom is -0.482 e. The number of benzene rings is 1. The Kier molecular flexibility index (Phi) is 4.83. The van der Waals surface area contributed by atoms with E-state index in [2.05, 4.69) is 0 Å². The molecule has 0 N–H and O–H groups in total. The minimum atomic E-state index is -0.324. The number of rotatable bonds is 4. The third kappa shape index (κ3) is 3.55. The summed E-state index contributed by atoms with van der Waals surface area (Å²) in [4.78, 5) is 51.0. The van der Waals surface area contributed by atoms with Crippen LogP contribution in [0.2, 0.25) is 0 Å². The van der Waals surface area contributed by atoms with Gasteiger partial charge in [0.05, 0.1) is 5.69 Å². The van der Waals surface area contributed by atoms with Gasteiger partial charge >= 0.3 is 0 Å². The van der Waals surface area contributed by atoms with Gasteiger partial charge in [-0.2, -0.15) is 0 Å². The summed E-state index contributed by atoms with van der Waals surface area (Å²) in [5, 5.41) is 0. The quantitative estimate of drug-likeness (QED) is 0.766. The molecule has 0 spiro atoms. The fraction of sp³-hybridized carbons (Fsp3) is 0.444. The molecule has 0 atom stereocenters. The Bertz CT molecular complexity index is 733. The van der Waals surface area contributed by atoms with Gasteiger partial charge in [0, 0.05) is 37.9 Å². The van der Waals surface area contributed by atoms with E-state index >= 15 is 0 Å². The zero-order valence-corrected chi connectivity index (χ0v) is 14.1. The van der Waals surface area contributed by atoms with Crippen LogP contribution in [0, 0.1) is 0 Å². The molecule has 1 fully saturated rings. The number of likely N-dealkylation sites (tertiary alicyclic amines) is 1. The van der Waals surface area contributed by atoms with Crippen molar-refractivity contribution in [1.82, 2.24) is 4.90 Å². The molecular formula is C18H20N2O5. The lowest BCUT2D eigenvalue weighted by molar-refractivity contribution is -0.135. The van der Waals surface area contributed by atoms with Gasteiger partial charge in [-0.1, -0.05) is 6.92 Å². The van der Waals surface area contributed by atoms with Crippen molar-refractivity contribution in [2.75, 3.05) is 31.1 Å². The molecule has 0 aliphatic carbocycles. The zero-order valence-electron chi connectivity index (χ0n) is 14.1. The molecule has 0 unspecified atom stereocenters. The molecule has 1 saturated heterocycles. The maximum absolute atomic E-state index is 12.5. The number of carbonyl (C=O) groups is 4. The molecule has 0 aromatic heterocycles. The Labute approximate surface area is 145 Å². The number of amides is 2. The van der Waals surface area contributed by atoms with Gasteiger partial charge in [-0.3, -0.25) is 24.1 Å². The monoisotopic (exact) mass is 344 g/mol. The van der Waals surface area contributed by atoms with Gasteiger partial charge in [0.2, 0.25) is 5.91 Å². The highest BCUT2D eigenvalue weighted by molar-refractivity contribution is 6.04. The van der Waals surface area contributed by atoms with Crippen LogP contribution in [0.25, 0.3) is 0 Å². The first-order chi connectivity index (χ1) is 12.0. The first-order valence-electron chi connectivity index (χ1n) is 8.39. The van der Waals surface area contributed by atoms with Crippen LogP contribution in [-0.2, 0) is 14.4 Å². The van der Waals surface area contributed by atoms with Crippen molar-refractivity contribution >= 4 is 29.1 Å². The number of anilines is 1. The second kappa shape index (κ2) is 7.04. The largest absolute Gasteiger partial charge is 0.482 e. The highest BCUT2D eigenvalue weighted by Gasteiger charge is 2.30. The molecule has 1 aromatic carbocycles. The van der Waals surface area contributed by atoms with E-state index < -0.39 is 0 Å². The summed E-state index contributed by atoms with van der Waals surface area (Å²) >= 11 is 0. The first-order valence-corrected chi connectivity index (χ1v) is 8.39. The van der Waals surface area contributed by atoms with Gasteiger partial charge in [0.25, 0.3) is 5.91 Å². The average Bonchev–Trinajstić information content (AvgIpc) is 2.63. The van der Waals surface area contributed by atoms with Crippen molar-refractivity contribution in [3.63, 3.8) is 0 Å². The number of piperidine rings is 1. The normalized spacial score (nSPS) is 17.2. The lowest BCUT2D eigenvalue weighted by Gasteiger charge is -2.32. The molecule has 0 radical (unpaired) electrons. The van der Waals surface area contributed by atoms with Crippen LogP contribution >= 0.6 is 0 Å². The molecule has 1 aromatic rings. The van der Waals surface area contributed by atoms with Gasteiger partial charge < -0.3 is 9.64 Å². The lowest BCUT2D eigenvalue weighted by atomic mass is 10.1. The van der Waals surface area contributed by atoms with Gasteiger partial charge in [0.1, 0.15) is 18.1 Å². The minimum absolute atomic E-state index is 0.0401. The number of hydrogen-bond acceptors (Lipinski definition) is 5. The molecule has 2 aliphatic rings. The Morgan fingerprint density at radius 1 is 1.16 bits per heavy atom. The summed E-state index contributed by atoms with van der Waals surface area (Å²) in [6.07, 6.45) is 1.07. The van der Waals surface area contributed by atoms with Crippen molar-refractivity contribution in [1.29, 1.82) is 0 Å². The van der Waals surface area contributed by atoms with E-state index in [1.165, 1.54) is 4.90 Å². The molecule has 7 nitrogen and oxygen atoms in total. The molecule has 132 valence electrons. The Morgan fingerprint density at radius 2 is 1.88 bits per heavy atom. The van der Waals surface area contributed by atoms with Gasteiger partial charge in [-0.05, 0) is 18.2 Å². The number of carbonyl (C=O) groups excluding carboxylic acids is 4. The average molecular weight is 344 g/mol. The maximum atomic E-state index is 12.5. The maximum Gasteiger partial charge on any atom is 0.265 e. The number of fused-ring (bicyclic) bond motifs is 1. The fourth-order valence-corrected chi connectivity index (χ4v) is 2.99. The Hall–Kier alpha value is -2.70. The Balaban J connectivity index is 1.81. The van der Waals surface area contributed by atoms with Crippen LogP contribution in [0.5, 0.6) is 5.75 Å². The predicted octanol–water partition coefficient (Wildman–Crippen LogP) is 1.20. The number of Topliss-reactive ketones (excluding diaryl/α,β-unsaturated/α-hetero) is 2. The first kappa shape index (κ1) is 17.1. The molecule has 0 saturated carbocycles. The van der Waals surface area contributed by atoms with E-state index in [0.29, 0.717) is 49.4 Å². The molecule has 2 heterocycles. The lowest BCUT2D eigenvalue weighted by Crippen LogP contribution is -2.48. The summed E-state index contributed by atoms with van der Waals surface area (Å²) in [7, 11) is 0. The molecular weight excluding hydrogens is 324 g/mol. The standard InChI is InChI=1S/C18H20N2O5/c1-2-15(22)12-3-4-16-14(9-12)20(18(24)11-25-16)10-17(23)19-7-5-13(21)6-8-19/h3-4,9H,2,5-8,10-11H2,1H3. The van der Waals surface area contributed by atoms with E-state index in [-0.39, 0.29) is 36.5 Å². The van der Waals surface area contributed by atoms with Crippen molar-refractivity contribution < 1.29 is 23.9 Å². The van der Waals surface area contributed by atoms with Crippen LogP contribution in [0.3, 0.4) is 0 Å². The Morgan fingerprint density at radius 3 is 2.56 bits per heavy atom. The van der Waals surface area contributed by atoms with Crippen LogP contribution in [-0.4, -0.2) is 54.5 Å². The van der Waals surface area contributed by atoms with Crippen molar-refractivity contribution in [3.8, 4) is 5.75 Å². The predicted molar refractivity (Wildman–Crippen MR) is 89.7 cm³/mol. The smallest absolute Gasteiger partial charge is 0.265 e. The summed E-state index contributed by atoms with van der Waals surface area (Å²) in [6.45, 7) is 2.28. The zero-order chi connectivity index (χ0) is 18.0. The number of hydrogen-bond donors (Lipinski definition) is 0. The van der Waals surface area contributed by atoms with Gasteiger partial charge in [-0.25, -0.2) is 0 Å². The molecule has 2 aliphatic heterocycles. The highest BCUT2D eigenvalue weighted by atomic mass is 16.5. The molecule has 2 amide bonds. The van der Waals surface area contributed by atoms with Crippen molar-refractivity contribution in [3.05, 3.63) is 23.8 Å². The van der Waals surface area contributed by atoms with Gasteiger partial charge in [-0.15, -0.1) is 0 Å². The van der Waals surface area contributed by atoms with Crippen LogP contribution in [0.1, 0.15) is 36.5 Å². The van der Waals surface area contributed by atoms with E-state index in [1.807, 2.05) is 0 Å². The summed E-state index contributed by atoms with van der Waals surface area (Å²) in [6, 6.07) is 4.92.